The van der Waals surface area contributed by atoms with E-state index >= 15 is 0 Å². The van der Waals surface area contributed by atoms with Gasteiger partial charge in [0.25, 0.3) is 22.7 Å². The lowest BCUT2D eigenvalue weighted by Crippen LogP contribution is -2.01. The minimum Gasteiger partial charge on any atom is -0.265 e. The van der Waals surface area contributed by atoms with E-state index in [1.807, 2.05) is 0 Å². The highest BCUT2D eigenvalue weighted by Gasteiger charge is 2.29. The SMILES string of the molecule is O=[N+]([O-])c1ccc(-c2nccc(-c3ccncc3)c2-c2ccc([N+](=O)[O-])cc2[N+](=O)[O-])c([N+](=O)[O-])c1. The molecule has 2 aromatic carbocycles. The standard InChI is InChI=1S/C22H12N6O8/c29-25(30)14-1-3-17(19(11-14)27(33)34)21-16(13-5-8-23-9-6-13)7-10-24-22(21)18-4-2-15(26(31)32)12-20(18)28(35)36/h1-12H. The van der Waals surface area contributed by atoms with Gasteiger partial charge in [0.1, 0.15) is 0 Å². The van der Waals surface area contributed by atoms with Gasteiger partial charge in [-0.2, -0.15) is 0 Å². The maximum absolute atomic E-state index is 11.9. The van der Waals surface area contributed by atoms with Crippen LogP contribution in [0.3, 0.4) is 0 Å². The average Bonchev–Trinajstić information content (AvgIpc) is 2.87. The summed E-state index contributed by atoms with van der Waals surface area (Å²) in [5.74, 6) is 0. The molecular formula is C22H12N6O8. The van der Waals surface area contributed by atoms with Gasteiger partial charge in [-0.15, -0.1) is 0 Å². The van der Waals surface area contributed by atoms with Gasteiger partial charge in [-0.25, -0.2) is 0 Å². The molecule has 0 saturated heterocycles. The molecule has 0 unspecified atom stereocenters. The van der Waals surface area contributed by atoms with E-state index in [0.717, 1.165) is 30.3 Å². The molecule has 4 rings (SSSR count). The molecule has 178 valence electrons. The van der Waals surface area contributed by atoms with Crippen LogP contribution in [0.4, 0.5) is 22.7 Å². The Hall–Kier alpha value is -5.66. The number of aromatic nitrogens is 2. The second-order valence-electron chi connectivity index (χ2n) is 7.25. The Morgan fingerprint density at radius 3 is 1.61 bits per heavy atom. The van der Waals surface area contributed by atoms with Crippen molar-refractivity contribution < 1.29 is 19.7 Å². The Labute approximate surface area is 200 Å². The van der Waals surface area contributed by atoms with Crippen molar-refractivity contribution in [1.29, 1.82) is 0 Å². The molecule has 0 amide bonds. The van der Waals surface area contributed by atoms with Crippen molar-refractivity contribution in [1.82, 2.24) is 9.97 Å². The summed E-state index contributed by atoms with van der Waals surface area (Å²) in [5.41, 5.74) is -1.66. The van der Waals surface area contributed by atoms with Crippen LogP contribution in [0.25, 0.3) is 33.5 Å². The molecule has 0 fully saturated rings. The van der Waals surface area contributed by atoms with E-state index in [9.17, 15) is 40.5 Å². The number of benzene rings is 2. The number of nitro groups is 4. The highest BCUT2D eigenvalue weighted by Crippen LogP contribution is 2.45. The number of hydrogen-bond donors (Lipinski definition) is 0. The normalized spacial score (nSPS) is 10.6. The molecule has 0 aliphatic rings. The molecule has 14 nitrogen and oxygen atoms in total. The van der Waals surface area contributed by atoms with Crippen molar-refractivity contribution in [3.05, 3.63) is 114 Å². The van der Waals surface area contributed by atoms with Crippen LogP contribution in [0.5, 0.6) is 0 Å². The van der Waals surface area contributed by atoms with Crippen LogP contribution in [0.1, 0.15) is 0 Å². The maximum Gasteiger partial charge on any atom is 0.285 e. The van der Waals surface area contributed by atoms with Gasteiger partial charge in [0.2, 0.25) is 0 Å². The Kier molecular flexibility index (Phi) is 6.07. The summed E-state index contributed by atoms with van der Waals surface area (Å²) < 4.78 is 0. The zero-order valence-electron chi connectivity index (χ0n) is 17.9. The predicted molar refractivity (Wildman–Crippen MR) is 125 cm³/mol. The second kappa shape index (κ2) is 9.30. The van der Waals surface area contributed by atoms with Crippen molar-refractivity contribution >= 4 is 22.7 Å². The first-order chi connectivity index (χ1) is 17.2. The molecule has 4 aromatic rings. The van der Waals surface area contributed by atoms with Crippen LogP contribution in [0.2, 0.25) is 0 Å². The molecule has 0 saturated carbocycles. The van der Waals surface area contributed by atoms with Gasteiger partial charge in [-0.1, -0.05) is 0 Å². The summed E-state index contributed by atoms with van der Waals surface area (Å²) in [6.07, 6.45) is 4.27. The van der Waals surface area contributed by atoms with E-state index in [0.29, 0.717) is 11.1 Å². The lowest BCUT2D eigenvalue weighted by atomic mass is 9.90. The predicted octanol–water partition coefficient (Wildman–Crippen LogP) is 5.11. The highest BCUT2D eigenvalue weighted by atomic mass is 16.6. The first-order valence-corrected chi connectivity index (χ1v) is 9.95. The van der Waals surface area contributed by atoms with Crippen LogP contribution in [-0.4, -0.2) is 29.7 Å². The summed E-state index contributed by atoms with van der Waals surface area (Å²) >= 11 is 0. The van der Waals surface area contributed by atoms with Crippen molar-refractivity contribution in [3.63, 3.8) is 0 Å². The third-order valence-electron chi connectivity index (χ3n) is 5.24. The fourth-order valence-electron chi connectivity index (χ4n) is 3.69. The number of nitrogens with zero attached hydrogens (tertiary/aromatic N) is 6. The Balaban J connectivity index is 2.13. The number of non-ortho nitro benzene ring substituents is 2. The minimum atomic E-state index is -0.822. The Morgan fingerprint density at radius 2 is 1.08 bits per heavy atom. The van der Waals surface area contributed by atoms with Gasteiger partial charge in [-0.05, 0) is 41.5 Å². The Bertz CT molecular complexity index is 1560. The van der Waals surface area contributed by atoms with E-state index in [1.54, 1.807) is 12.1 Å². The van der Waals surface area contributed by atoms with E-state index in [2.05, 4.69) is 9.97 Å². The fraction of sp³-hybridized carbons (Fsp3) is 0. The lowest BCUT2D eigenvalue weighted by Gasteiger charge is -2.15. The number of rotatable bonds is 7. The van der Waals surface area contributed by atoms with Crippen LogP contribution in [0.15, 0.2) is 73.2 Å². The van der Waals surface area contributed by atoms with E-state index < -0.39 is 42.4 Å². The van der Waals surface area contributed by atoms with Gasteiger partial charge >= 0.3 is 0 Å². The molecule has 14 heteroatoms. The Morgan fingerprint density at radius 1 is 0.556 bits per heavy atom. The zero-order chi connectivity index (χ0) is 26.0. The average molecular weight is 488 g/mol. The van der Waals surface area contributed by atoms with E-state index in [-0.39, 0.29) is 22.4 Å². The van der Waals surface area contributed by atoms with Crippen molar-refractivity contribution in [2.24, 2.45) is 0 Å². The van der Waals surface area contributed by atoms with Gasteiger partial charge in [-0.3, -0.25) is 50.4 Å². The lowest BCUT2D eigenvalue weighted by molar-refractivity contribution is -0.394. The first-order valence-electron chi connectivity index (χ1n) is 9.95. The third kappa shape index (κ3) is 4.28. The van der Waals surface area contributed by atoms with E-state index in [1.165, 1.54) is 30.7 Å². The van der Waals surface area contributed by atoms with Crippen molar-refractivity contribution in [3.8, 4) is 33.5 Å². The molecule has 0 bridgehead atoms. The van der Waals surface area contributed by atoms with E-state index in [4.69, 9.17) is 0 Å². The van der Waals surface area contributed by atoms with Crippen LogP contribution >= 0.6 is 0 Å². The largest absolute Gasteiger partial charge is 0.285 e. The topological polar surface area (TPSA) is 198 Å². The summed E-state index contributed by atoms with van der Waals surface area (Å²) in [7, 11) is 0. The van der Waals surface area contributed by atoms with Gasteiger partial charge in [0.05, 0.1) is 48.6 Å². The van der Waals surface area contributed by atoms with Crippen molar-refractivity contribution in [2.45, 2.75) is 0 Å². The summed E-state index contributed by atoms with van der Waals surface area (Å²) in [6.45, 7) is 0. The number of nitro benzene ring substituents is 4. The second-order valence-corrected chi connectivity index (χ2v) is 7.25. The molecule has 0 radical (unpaired) electrons. The number of hydrogen-bond acceptors (Lipinski definition) is 10. The molecule has 2 aromatic heterocycles. The summed E-state index contributed by atoms with van der Waals surface area (Å²) in [6, 6.07) is 10.7. The molecule has 0 aliphatic carbocycles. The molecule has 0 aliphatic heterocycles. The molecule has 0 atom stereocenters. The maximum atomic E-state index is 11.9. The quantitative estimate of drug-likeness (QED) is 0.249. The fourth-order valence-corrected chi connectivity index (χ4v) is 3.69. The highest BCUT2D eigenvalue weighted by molar-refractivity contribution is 5.97. The van der Waals surface area contributed by atoms with Crippen LogP contribution in [0, 0.1) is 40.5 Å². The van der Waals surface area contributed by atoms with Gasteiger partial charge in [0.15, 0.2) is 0 Å². The van der Waals surface area contributed by atoms with Crippen LogP contribution < -0.4 is 0 Å². The molecule has 2 heterocycles. The summed E-state index contributed by atoms with van der Waals surface area (Å²) in [5, 5.41) is 46.2. The third-order valence-corrected chi connectivity index (χ3v) is 5.24. The first kappa shape index (κ1) is 23.5. The van der Waals surface area contributed by atoms with Crippen molar-refractivity contribution in [2.75, 3.05) is 0 Å². The monoisotopic (exact) mass is 488 g/mol. The van der Waals surface area contributed by atoms with Gasteiger partial charge in [0, 0.05) is 36.3 Å². The minimum absolute atomic E-state index is 0.0715. The molecule has 0 spiro atoms. The summed E-state index contributed by atoms with van der Waals surface area (Å²) in [4.78, 5) is 51.2. The van der Waals surface area contributed by atoms with Gasteiger partial charge < -0.3 is 0 Å². The molecule has 0 N–H and O–H groups in total. The smallest absolute Gasteiger partial charge is 0.265 e. The molecular weight excluding hydrogens is 476 g/mol. The number of pyridine rings is 2. The van der Waals surface area contributed by atoms with Crippen LogP contribution in [-0.2, 0) is 0 Å². The zero-order valence-corrected chi connectivity index (χ0v) is 17.9. The molecule has 36 heavy (non-hydrogen) atoms.